The highest BCUT2D eigenvalue weighted by Gasteiger charge is 2.31. The zero-order valence-electron chi connectivity index (χ0n) is 19.0. The summed E-state index contributed by atoms with van der Waals surface area (Å²) in [6.07, 6.45) is 0.243. The maximum Gasteiger partial charge on any atom is 0.224 e. The molecule has 1 aliphatic heterocycles. The Balaban J connectivity index is 1.40. The quantitative estimate of drug-likeness (QED) is 0.530. The fraction of sp³-hybridized carbons (Fsp3) is 0.346. The number of hydrogen-bond acceptors (Lipinski definition) is 5. The van der Waals surface area contributed by atoms with Crippen molar-refractivity contribution in [3.05, 3.63) is 82.3 Å². The van der Waals surface area contributed by atoms with E-state index in [1.807, 2.05) is 12.1 Å². The highest BCUT2D eigenvalue weighted by atomic mass is 32.1. The van der Waals surface area contributed by atoms with Gasteiger partial charge >= 0.3 is 0 Å². The third kappa shape index (κ3) is 5.92. The lowest BCUT2D eigenvalue weighted by molar-refractivity contribution is -0.121. The molecule has 2 heterocycles. The summed E-state index contributed by atoms with van der Waals surface area (Å²) < 4.78 is 18.4. The molecule has 2 aromatic carbocycles. The lowest BCUT2D eigenvalue weighted by atomic mass is 10.0. The summed E-state index contributed by atoms with van der Waals surface area (Å²) in [5.74, 6) is 0.520. The molecule has 33 heavy (non-hydrogen) atoms. The van der Waals surface area contributed by atoms with Crippen LogP contribution >= 0.6 is 11.3 Å². The third-order valence-electron chi connectivity index (χ3n) is 6.12. The number of methoxy groups -OCH3 is 1. The molecule has 1 fully saturated rings. The average molecular weight is 468 g/mol. The van der Waals surface area contributed by atoms with E-state index in [2.05, 4.69) is 51.7 Å². The Bertz CT molecular complexity index is 1020. The second kappa shape index (κ2) is 10.8. The Kier molecular flexibility index (Phi) is 7.62. The monoisotopic (exact) mass is 467 g/mol. The molecule has 0 spiro atoms. The average Bonchev–Trinajstić information content (AvgIpc) is 3.35. The van der Waals surface area contributed by atoms with E-state index in [4.69, 9.17) is 4.74 Å². The Morgan fingerprint density at radius 1 is 1.06 bits per heavy atom. The summed E-state index contributed by atoms with van der Waals surface area (Å²) in [4.78, 5) is 18.8. The molecular weight excluding hydrogens is 437 g/mol. The van der Waals surface area contributed by atoms with Crippen molar-refractivity contribution in [2.75, 3.05) is 38.2 Å². The lowest BCUT2D eigenvalue weighted by Crippen LogP contribution is -2.52. The standard InChI is InChI=1S/C26H30FN3O2S/c1-19(28-25(31)18-20-5-7-21(27)8-6-20)26(24-4-3-17-33-24)30-15-13-29(14-16-30)22-9-11-23(32-2)12-10-22/h3-12,17,19,26H,13-16,18H2,1-2H3,(H,28,31)/t19-,26-/m0/s1. The molecule has 7 heteroatoms. The number of benzene rings is 2. The number of carbonyl (C=O) groups excluding carboxylic acids is 1. The van der Waals surface area contributed by atoms with Gasteiger partial charge in [-0.2, -0.15) is 0 Å². The molecule has 3 aromatic rings. The van der Waals surface area contributed by atoms with E-state index in [9.17, 15) is 9.18 Å². The van der Waals surface area contributed by atoms with Crippen molar-refractivity contribution in [1.29, 1.82) is 0 Å². The van der Waals surface area contributed by atoms with Crippen LogP contribution in [0.2, 0.25) is 0 Å². The number of hydrogen-bond donors (Lipinski definition) is 1. The number of rotatable bonds is 8. The second-order valence-electron chi connectivity index (χ2n) is 8.34. The van der Waals surface area contributed by atoms with Gasteiger partial charge in [0, 0.05) is 42.8 Å². The van der Waals surface area contributed by atoms with Crippen LogP contribution in [0.3, 0.4) is 0 Å². The van der Waals surface area contributed by atoms with Gasteiger partial charge in [0.1, 0.15) is 11.6 Å². The van der Waals surface area contributed by atoms with Gasteiger partial charge in [-0.05, 0) is 60.3 Å². The molecule has 0 unspecified atom stereocenters. The maximum atomic E-state index is 13.2. The molecule has 1 aromatic heterocycles. The van der Waals surface area contributed by atoms with E-state index in [1.54, 1.807) is 30.6 Å². The van der Waals surface area contributed by atoms with Crippen molar-refractivity contribution in [2.45, 2.75) is 25.4 Å². The smallest absolute Gasteiger partial charge is 0.224 e. The van der Waals surface area contributed by atoms with E-state index in [0.29, 0.717) is 0 Å². The topological polar surface area (TPSA) is 44.8 Å². The van der Waals surface area contributed by atoms with Gasteiger partial charge in [0.05, 0.1) is 19.6 Å². The molecule has 174 valence electrons. The van der Waals surface area contributed by atoms with Gasteiger partial charge < -0.3 is 15.0 Å². The first kappa shape index (κ1) is 23.3. The number of halogens is 1. The third-order valence-corrected chi connectivity index (χ3v) is 7.06. The Hall–Kier alpha value is -2.90. The maximum absolute atomic E-state index is 13.2. The second-order valence-corrected chi connectivity index (χ2v) is 9.32. The zero-order valence-corrected chi connectivity index (χ0v) is 19.9. The van der Waals surface area contributed by atoms with Crippen LogP contribution < -0.4 is 15.0 Å². The number of nitrogens with zero attached hydrogens (tertiary/aromatic N) is 2. The highest BCUT2D eigenvalue weighted by Crippen LogP contribution is 2.30. The molecule has 0 aliphatic carbocycles. The molecule has 0 radical (unpaired) electrons. The van der Waals surface area contributed by atoms with Crippen LogP contribution in [0.25, 0.3) is 0 Å². The molecule has 0 bridgehead atoms. The normalized spacial score (nSPS) is 16.3. The van der Waals surface area contributed by atoms with E-state index in [1.165, 1.54) is 22.7 Å². The number of anilines is 1. The van der Waals surface area contributed by atoms with Crippen LogP contribution in [-0.2, 0) is 11.2 Å². The van der Waals surface area contributed by atoms with Crippen molar-refractivity contribution < 1.29 is 13.9 Å². The van der Waals surface area contributed by atoms with Gasteiger partial charge in [-0.3, -0.25) is 9.69 Å². The van der Waals surface area contributed by atoms with E-state index in [0.717, 1.165) is 37.5 Å². The van der Waals surface area contributed by atoms with Crippen molar-refractivity contribution in [2.24, 2.45) is 0 Å². The van der Waals surface area contributed by atoms with Gasteiger partial charge in [0.25, 0.3) is 0 Å². The van der Waals surface area contributed by atoms with E-state index >= 15 is 0 Å². The molecule has 1 amide bonds. The molecule has 1 aliphatic rings. The molecule has 0 saturated carbocycles. The van der Waals surface area contributed by atoms with Crippen molar-refractivity contribution in [3.8, 4) is 5.75 Å². The van der Waals surface area contributed by atoms with Crippen molar-refractivity contribution >= 4 is 22.9 Å². The Labute approximate surface area is 198 Å². The summed E-state index contributed by atoms with van der Waals surface area (Å²) >= 11 is 1.72. The fourth-order valence-electron chi connectivity index (χ4n) is 4.43. The van der Waals surface area contributed by atoms with Crippen molar-refractivity contribution in [3.63, 3.8) is 0 Å². The summed E-state index contributed by atoms with van der Waals surface area (Å²) in [6, 6.07) is 18.6. The first-order valence-electron chi connectivity index (χ1n) is 11.2. The SMILES string of the molecule is COc1ccc(N2CCN([C@H](c3cccs3)[C@H](C)NC(=O)Cc3ccc(F)cc3)CC2)cc1. The summed E-state index contributed by atoms with van der Waals surface area (Å²) in [7, 11) is 1.68. The van der Waals surface area contributed by atoms with Gasteiger partial charge in [-0.15, -0.1) is 11.3 Å². The molecule has 1 saturated heterocycles. The number of piperazine rings is 1. The lowest BCUT2D eigenvalue weighted by Gasteiger charge is -2.42. The summed E-state index contributed by atoms with van der Waals surface area (Å²) in [5.41, 5.74) is 2.01. The first-order chi connectivity index (χ1) is 16.0. The largest absolute Gasteiger partial charge is 0.497 e. The minimum absolute atomic E-state index is 0.0486. The minimum Gasteiger partial charge on any atom is -0.497 e. The van der Waals surface area contributed by atoms with Crippen molar-refractivity contribution in [1.82, 2.24) is 10.2 Å². The minimum atomic E-state index is -0.293. The van der Waals surface area contributed by atoms with E-state index in [-0.39, 0.29) is 30.2 Å². The Morgan fingerprint density at radius 3 is 2.36 bits per heavy atom. The predicted molar refractivity (Wildman–Crippen MR) is 132 cm³/mol. The fourth-order valence-corrected chi connectivity index (χ4v) is 5.39. The number of ether oxygens (including phenoxy) is 1. The Morgan fingerprint density at radius 2 is 1.76 bits per heavy atom. The van der Waals surface area contributed by atoms with Crippen LogP contribution in [-0.4, -0.2) is 50.1 Å². The predicted octanol–water partition coefficient (Wildman–Crippen LogP) is 4.51. The van der Waals surface area contributed by atoms with Gasteiger partial charge in [0.15, 0.2) is 0 Å². The van der Waals surface area contributed by atoms with Crippen LogP contribution in [0.5, 0.6) is 5.75 Å². The summed E-state index contributed by atoms with van der Waals surface area (Å²) in [6.45, 7) is 5.73. The highest BCUT2D eigenvalue weighted by molar-refractivity contribution is 7.10. The van der Waals surface area contributed by atoms with Crippen LogP contribution in [0, 0.1) is 5.82 Å². The zero-order chi connectivity index (χ0) is 23.2. The molecule has 5 nitrogen and oxygen atoms in total. The van der Waals surface area contributed by atoms with Gasteiger partial charge in [-0.1, -0.05) is 18.2 Å². The summed E-state index contributed by atoms with van der Waals surface area (Å²) in [5, 5.41) is 5.28. The van der Waals surface area contributed by atoms with Crippen LogP contribution in [0.15, 0.2) is 66.0 Å². The van der Waals surface area contributed by atoms with Crippen LogP contribution in [0.1, 0.15) is 23.4 Å². The molecule has 4 rings (SSSR count). The number of amides is 1. The number of carbonyl (C=O) groups is 1. The first-order valence-corrected chi connectivity index (χ1v) is 12.1. The molecular formula is C26H30FN3O2S. The molecule has 1 N–H and O–H groups in total. The number of nitrogens with one attached hydrogen (secondary N) is 1. The van der Waals surface area contributed by atoms with Gasteiger partial charge in [0.2, 0.25) is 5.91 Å². The molecule has 2 atom stereocenters. The van der Waals surface area contributed by atoms with Gasteiger partial charge in [-0.25, -0.2) is 4.39 Å². The van der Waals surface area contributed by atoms with Crippen LogP contribution in [0.4, 0.5) is 10.1 Å². The number of thiophene rings is 1. The van der Waals surface area contributed by atoms with E-state index < -0.39 is 0 Å².